The molecule has 0 saturated carbocycles. The first-order chi connectivity index (χ1) is 17.9. The van der Waals surface area contributed by atoms with E-state index >= 15 is 0 Å². The average molecular weight is 498 g/mol. The van der Waals surface area contributed by atoms with Gasteiger partial charge in [-0.25, -0.2) is 18.6 Å². The molecular weight excluding hydrogens is 472 g/mol. The van der Waals surface area contributed by atoms with Crippen molar-refractivity contribution >= 4 is 33.5 Å². The molecule has 1 saturated heterocycles. The zero-order valence-corrected chi connectivity index (χ0v) is 20.2. The number of nitrogens with zero attached hydrogens (tertiary/aromatic N) is 3. The monoisotopic (exact) mass is 497 g/mol. The van der Waals surface area contributed by atoms with E-state index in [0.29, 0.717) is 22.9 Å². The van der Waals surface area contributed by atoms with Crippen LogP contribution < -0.4 is 4.90 Å². The van der Waals surface area contributed by atoms with Crippen molar-refractivity contribution in [2.24, 2.45) is 0 Å². The summed E-state index contributed by atoms with van der Waals surface area (Å²) in [7, 11) is 0. The van der Waals surface area contributed by atoms with Crippen molar-refractivity contribution in [1.82, 2.24) is 9.97 Å². The van der Waals surface area contributed by atoms with Crippen molar-refractivity contribution in [1.29, 1.82) is 0 Å². The van der Waals surface area contributed by atoms with Gasteiger partial charge in [0.1, 0.15) is 0 Å². The van der Waals surface area contributed by atoms with Crippen LogP contribution in [0.15, 0.2) is 85.1 Å². The Morgan fingerprint density at radius 1 is 0.919 bits per heavy atom. The minimum atomic E-state index is -0.911. The van der Waals surface area contributed by atoms with Crippen LogP contribution >= 0.6 is 0 Å². The van der Waals surface area contributed by atoms with Gasteiger partial charge in [-0.05, 0) is 74.4 Å². The molecule has 1 aliphatic rings. The molecule has 0 spiro atoms. The van der Waals surface area contributed by atoms with Crippen LogP contribution in [0.1, 0.15) is 30.1 Å². The van der Waals surface area contributed by atoms with Crippen molar-refractivity contribution in [3.63, 3.8) is 0 Å². The molecule has 1 atom stereocenters. The SMILES string of the molecule is CC1CCCN1c1cc2ccccc2nc1-c1ccc(F)c(F)c1.O=C(O)c1ccc2ncccc2c1. The van der Waals surface area contributed by atoms with Crippen molar-refractivity contribution < 1.29 is 18.7 Å². The lowest BCUT2D eigenvalue weighted by atomic mass is 10.1. The highest BCUT2D eigenvalue weighted by Crippen LogP contribution is 2.36. The number of anilines is 1. The Hall–Kier alpha value is -4.39. The molecule has 1 aliphatic heterocycles. The molecule has 5 nitrogen and oxygen atoms in total. The number of hydrogen-bond donors (Lipinski definition) is 1. The van der Waals surface area contributed by atoms with E-state index in [0.717, 1.165) is 46.9 Å². The summed E-state index contributed by atoms with van der Waals surface area (Å²) in [5.41, 5.74) is 4.26. The number of carboxylic acid groups (broad SMARTS) is 1. The summed E-state index contributed by atoms with van der Waals surface area (Å²) in [6.07, 6.45) is 3.94. The van der Waals surface area contributed by atoms with E-state index < -0.39 is 17.6 Å². The largest absolute Gasteiger partial charge is 0.478 e. The van der Waals surface area contributed by atoms with Gasteiger partial charge in [0.2, 0.25) is 0 Å². The minimum absolute atomic E-state index is 0.292. The van der Waals surface area contributed by atoms with Crippen LogP contribution in [0.2, 0.25) is 0 Å². The summed E-state index contributed by atoms with van der Waals surface area (Å²) in [4.78, 5) is 21.8. The molecule has 1 fully saturated rings. The van der Waals surface area contributed by atoms with Crippen LogP contribution in [-0.2, 0) is 0 Å². The molecule has 0 radical (unpaired) electrons. The number of carbonyl (C=O) groups is 1. The van der Waals surface area contributed by atoms with Gasteiger partial charge in [-0.15, -0.1) is 0 Å². The topological polar surface area (TPSA) is 66.3 Å². The van der Waals surface area contributed by atoms with Crippen molar-refractivity contribution in [3.8, 4) is 11.3 Å². The van der Waals surface area contributed by atoms with Crippen LogP contribution in [0.25, 0.3) is 33.1 Å². The number of para-hydroxylation sites is 1. The highest BCUT2D eigenvalue weighted by atomic mass is 19.2. The van der Waals surface area contributed by atoms with Crippen LogP contribution in [0.5, 0.6) is 0 Å². The summed E-state index contributed by atoms with van der Waals surface area (Å²) in [5, 5.41) is 10.6. The zero-order valence-electron chi connectivity index (χ0n) is 20.2. The molecule has 3 heterocycles. The molecular formula is C30H25F2N3O2. The van der Waals surface area contributed by atoms with E-state index in [1.54, 1.807) is 36.5 Å². The van der Waals surface area contributed by atoms with E-state index in [9.17, 15) is 13.6 Å². The van der Waals surface area contributed by atoms with Gasteiger partial charge < -0.3 is 10.0 Å². The second-order valence-electron chi connectivity index (χ2n) is 9.08. The Kier molecular flexibility index (Phi) is 6.77. The first-order valence-corrected chi connectivity index (χ1v) is 12.1. The quantitative estimate of drug-likeness (QED) is 0.288. The molecule has 0 amide bonds. The summed E-state index contributed by atoms with van der Waals surface area (Å²) in [6.45, 7) is 3.15. The molecule has 3 aromatic carbocycles. The van der Waals surface area contributed by atoms with E-state index in [1.807, 2.05) is 30.3 Å². The second kappa shape index (κ2) is 10.3. The summed E-state index contributed by atoms with van der Waals surface area (Å²) in [6, 6.07) is 22.9. The third-order valence-corrected chi connectivity index (χ3v) is 6.61. The fourth-order valence-electron chi connectivity index (χ4n) is 4.68. The number of rotatable bonds is 3. The van der Waals surface area contributed by atoms with Gasteiger partial charge in [-0.1, -0.05) is 24.3 Å². The fraction of sp³-hybridized carbons (Fsp3) is 0.167. The van der Waals surface area contributed by atoms with Gasteiger partial charge in [0.15, 0.2) is 11.6 Å². The van der Waals surface area contributed by atoms with E-state index in [-0.39, 0.29) is 0 Å². The standard InChI is InChI=1S/C20H18F2N2.C10H7NO2/c1-13-5-4-10-24(13)19-12-14-6-2-3-7-18(14)23-20(19)15-8-9-16(21)17(22)11-15;12-10(13)8-3-4-9-7(6-8)2-1-5-11-9/h2-3,6-9,11-13H,4-5,10H2,1H3;1-6H,(H,12,13). The number of aromatic carboxylic acids is 1. The predicted molar refractivity (Wildman–Crippen MR) is 142 cm³/mol. The Bertz CT molecular complexity index is 1610. The Morgan fingerprint density at radius 2 is 1.70 bits per heavy atom. The van der Waals surface area contributed by atoms with Gasteiger partial charge in [0, 0.05) is 35.1 Å². The average Bonchev–Trinajstić information content (AvgIpc) is 3.35. The van der Waals surface area contributed by atoms with E-state index in [1.165, 1.54) is 12.1 Å². The van der Waals surface area contributed by atoms with Crippen LogP contribution in [-0.4, -0.2) is 33.6 Å². The van der Waals surface area contributed by atoms with Gasteiger partial charge >= 0.3 is 5.97 Å². The smallest absolute Gasteiger partial charge is 0.335 e. The predicted octanol–water partition coefficient (Wildman–Crippen LogP) is 7.10. The van der Waals surface area contributed by atoms with E-state index in [4.69, 9.17) is 10.1 Å². The third kappa shape index (κ3) is 5.11. The number of hydrogen-bond acceptors (Lipinski definition) is 4. The first kappa shape index (κ1) is 24.3. The molecule has 0 bridgehead atoms. The molecule has 2 aromatic heterocycles. The van der Waals surface area contributed by atoms with Gasteiger partial charge in [0.05, 0.1) is 28.0 Å². The molecule has 37 heavy (non-hydrogen) atoms. The number of benzene rings is 3. The number of aromatic nitrogens is 2. The Labute approximate surface area is 213 Å². The molecule has 186 valence electrons. The number of carboxylic acids is 1. The molecule has 6 rings (SSSR count). The molecule has 5 aromatic rings. The molecule has 1 unspecified atom stereocenters. The molecule has 7 heteroatoms. The highest BCUT2D eigenvalue weighted by Gasteiger charge is 2.24. The molecule has 0 aliphatic carbocycles. The Balaban J connectivity index is 0.000000182. The number of pyridine rings is 2. The van der Waals surface area contributed by atoms with Gasteiger partial charge in [-0.2, -0.15) is 0 Å². The first-order valence-electron chi connectivity index (χ1n) is 12.1. The number of halogens is 2. The van der Waals surface area contributed by atoms with E-state index in [2.05, 4.69) is 22.9 Å². The third-order valence-electron chi connectivity index (χ3n) is 6.61. The Morgan fingerprint density at radius 3 is 2.46 bits per heavy atom. The zero-order chi connectivity index (χ0) is 25.9. The maximum Gasteiger partial charge on any atom is 0.335 e. The normalized spacial score (nSPS) is 15.0. The van der Waals surface area contributed by atoms with Crippen molar-refractivity contribution in [2.75, 3.05) is 11.4 Å². The minimum Gasteiger partial charge on any atom is -0.478 e. The van der Waals surface area contributed by atoms with Crippen molar-refractivity contribution in [3.05, 3.63) is 102 Å². The second-order valence-corrected chi connectivity index (χ2v) is 9.08. The van der Waals surface area contributed by atoms with Crippen LogP contribution in [0.4, 0.5) is 14.5 Å². The maximum atomic E-state index is 13.7. The van der Waals surface area contributed by atoms with Crippen molar-refractivity contribution in [2.45, 2.75) is 25.8 Å². The molecule has 1 N–H and O–H groups in total. The van der Waals surface area contributed by atoms with Gasteiger partial charge in [0.25, 0.3) is 0 Å². The highest BCUT2D eigenvalue weighted by molar-refractivity contribution is 5.93. The lowest BCUT2D eigenvalue weighted by Crippen LogP contribution is -2.27. The fourth-order valence-corrected chi connectivity index (χ4v) is 4.68. The summed E-state index contributed by atoms with van der Waals surface area (Å²) in [5.74, 6) is -2.59. The summed E-state index contributed by atoms with van der Waals surface area (Å²) >= 11 is 0. The lowest BCUT2D eigenvalue weighted by molar-refractivity contribution is 0.0697. The number of fused-ring (bicyclic) bond motifs is 2. The summed E-state index contributed by atoms with van der Waals surface area (Å²) < 4.78 is 27.1. The van der Waals surface area contributed by atoms with Crippen LogP contribution in [0.3, 0.4) is 0 Å². The maximum absolute atomic E-state index is 13.7. The lowest BCUT2D eigenvalue weighted by Gasteiger charge is -2.26. The van der Waals surface area contributed by atoms with Gasteiger partial charge in [-0.3, -0.25) is 4.98 Å². The van der Waals surface area contributed by atoms with Crippen LogP contribution in [0, 0.1) is 11.6 Å².